The molecule has 2 unspecified atom stereocenters. The fraction of sp³-hybridized carbons (Fsp3) is 0.600. The standard InChI is InChI=1S/C20H29N3O3/c1-14(2)18-17(7-12-26-18)20(25)23-10-8-22(9-11-23)13-15-3-5-16(6-4-15)19(21)24/h3-6,14,17-18H,7-13H2,1-2H3,(H2,21,24). The van der Waals surface area contributed by atoms with Gasteiger partial charge in [0, 0.05) is 44.9 Å². The van der Waals surface area contributed by atoms with E-state index < -0.39 is 5.91 Å². The summed E-state index contributed by atoms with van der Waals surface area (Å²) in [6.45, 7) is 9.02. The SMILES string of the molecule is CC(C)C1OCCC1C(=O)N1CCN(Cc2ccc(C(N)=O)cc2)CC1. The van der Waals surface area contributed by atoms with Gasteiger partial charge in [-0.15, -0.1) is 0 Å². The van der Waals surface area contributed by atoms with Gasteiger partial charge in [0.15, 0.2) is 0 Å². The maximum atomic E-state index is 12.9. The largest absolute Gasteiger partial charge is 0.377 e. The lowest BCUT2D eigenvalue weighted by Gasteiger charge is -2.37. The van der Waals surface area contributed by atoms with Gasteiger partial charge in [-0.25, -0.2) is 0 Å². The molecule has 2 N–H and O–H groups in total. The Bertz CT molecular complexity index is 636. The smallest absolute Gasteiger partial charge is 0.248 e. The summed E-state index contributed by atoms with van der Waals surface area (Å²) in [6, 6.07) is 7.43. The third kappa shape index (κ3) is 4.24. The van der Waals surface area contributed by atoms with E-state index in [1.54, 1.807) is 12.1 Å². The number of hydrogen-bond acceptors (Lipinski definition) is 4. The fourth-order valence-electron chi connectivity index (χ4n) is 3.93. The Morgan fingerprint density at radius 1 is 1.15 bits per heavy atom. The van der Waals surface area contributed by atoms with Gasteiger partial charge < -0.3 is 15.4 Å². The Labute approximate surface area is 155 Å². The first-order valence-corrected chi connectivity index (χ1v) is 9.47. The number of benzene rings is 1. The molecule has 0 radical (unpaired) electrons. The molecule has 0 bridgehead atoms. The van der Waals surface area contributed by atoms with Crippen LogP contribution in [0.1, 0.15) is 36.2 Å². The number of rotatable bonds is 5. The van der Waals surface area contributed by atoms with Crippen molar-refractivity contribution in [1.82, 2.24) is 9.80 Å². The number of carbonyl (C=O) groups excluding carboxylic acids is 2. The highest BCUT2D eigenvalue weighted by Crippen LogP contribution is 2.28. The summed E-state index contributed by atoms with van der Waals surface area (Å²) in [4.78, 5) is 28.3. The highest BCUT2D eigenvalue weighted by molar-refractivity contribution is 5.92. The van der Waals surface area contributed by atoms with Crippen molar-refractivity contribution in [1.29, 1.82) is 0 Å². The predicted octanol–water partition coefficient (Wildman–Crippen LogP) is 1.49. The second kappa shape index (κ2) is 8.18. The average molecular weight is 359 g/mol. The van der Waals surface area contributed by atoms with Crippen LogP contribution in [0.5, 0.6) is 0 Å². The lowest BCUT2D eigenvalue weighted by molar-refractivity contribution is -0.140. The van der Waals surface area contributed by atoms with Crippen molar-refractivity contribution < 1.29 is 14.3 Å². The molecule has 0 aliphatic carbocycles. The van der Waals surface area contributed by atoms with Crippen molar-refractivity contribution >= 4 is 11.8 Å². The van der Waals surface area contributed by atoms with Crippen LogP contribution >= 0.6 is 0 Å². The number of nitrogens with zero attached hydrogens (tertiary/aromatic N) is 2. The highest BCUT2D eigenvalue weighted by Gasteiger charge is 2.38. The molecule has 2 atom stereocenters. The average Bonchev–Trinajstić information content (AvgIpc) is 3.12. The summed E-state index contributed by atoms with van der Waals surface area (Å²) in [6.07, 6.45) is 0.901. The number of carbonyl (C=O) groups is 2. The van der Waals surface area contributed by atoms with Crippen LogP contribution in [0.4, 0.5) is 0 Å². The quantitative estimate of drug-likeness (QED) is 0.864. The van der Waals surface area contributed by atoms with Crippen LogP contribution in [-0.4, -0.2) is 60.5 Å². The van der Waals surface area contributed by atoms with E-state index in [-0.39, 0.29) is 17.9 Å². The minimum Gasteiger partial charge on any atom is -0.377 e. The molecule has 1 aromatic carbocycles. The van der Waals surface area contributed by atoms with Gasteiger partial charge in [0.1, 0.15) is 0 Å². The zero-order valence-electron chi connectivity index (χ0n) is 15.7. The Morgan fingerprint density at radius 2 is 1.81 bits per heavy atom. The first-order valence-electron chi connectivity index (χ1n) is 9.47. The summed E-state index contributed by atoms with van der Waals surface area (Å²) in [5.41, 5.74) is 6.96. The maximum absolute atomic E-state index is 12.9. The van der Waals surface area contributed by atoms with Crippen molar-refractivity contribution in [3.05, 3.63) is 35.4 Å². The van der Waals surface area contributed by atoms with E-state index in [1.807, 2.05) is 17.0 Å². The second-order valence-corrected chi connectivity index (χ2v) is 7.64. The molecule has 142 valence electrons. The zero-order chi connectivity index (χ0) is 18.7. The summed E-state index contributed by atoms with van der Waals surface area (Å²) < 4.78 is 5.77. The van der Waals surface area contributed by atoms with Crippen molar-refractivity contribution in [3.8, 4) is 0 Å². The number of ether oxygens (including phenoxy) is 1. The number of amides is 2. The van der Waals surface area contributed by atoms with Crippen molar-refractivity contribution in [3.63, 3.8) is 0 Å². The normalized spacial score (nSPS) is 24.2. The molecule has 2 fully saturated rings. The van der Waals surface area contributed by atoms with Gasteiger partial charge in [-0.1, -0.05) is 26.0 Å². The number of piperazine rings is 1. The van der Waals surface area contributed by atoms with E-state index in [2.05, 4.69) is 18.7 Å². The van der Waals surface area contributed by atoms with Gasteiger partial charge in [-0.05, 0) is 30.0 Å². The van der Waals surface area contributed by atoms with Crippen molar-refractivity contribution in [2.24, 2.45) is 17.6 Å². The molecule has 2 aliphatic rings. The highest BCUT2D eigenvalue weighted by atomic mass is 16.5. The first kappa shape index (κ1) is 18.9. The van der Waals surface area contributed by atoms with Crippen LogP contribution in [0, 0.1) is 11.8 Å². The van der Waals surface area contributed by atoms with E-state index in [9.17, 15) is 9.59 Å². The van der Waals surface area contributed by atoms with Gasteiger partial charge in [0.2, 0.25) is 11.8 Å². The van der Waals surface area contributed by atoms with Crippen LogP contribution in [0.2, 0.25) is 0 Å². The van der Waals surface area contributed by atoms with Crippen LogP contribution in [0.15, 0.2) is 24.3 Å². The molecule has 6 heteroatoms. The van der Waals surface area contributed by atoms with Crippen LogP contribution in [0.3, 0.4) is 0 Å². The Hall–Kier alpha value is -1.92. The van der Waals surface area contributed by atoms with Gasteiger partial charge in [0.05, 0.1) is 12.0 Å². The molecule has 2 amide bonds. The maximum Gasteiger partial charge on any atom is 0.248 e. The Balaban J connectivity index is 1.51. The van der Waals surface area contributed by atoms with Gasteiger partial charge in [-0.2, -0.15) is 0 Å². The van der Waals surface area contributed by atoms with Gasteiger partial charge in [-0.3, -0.25) is 14.5 Å². The van der Waals surface area contributed by atoms with E-state index in [1.165, 1.54) is 0 Å². The van der Waals surface area contributed by atoms with E-state index in [4.69, 9.17) is 10.5 Å². The first-order chi connectivity index (χ1) is 12.5. The van der Waals surface area contributed by atoms with Crippen molar-refractivity contribution in [2.45, 2.75) is 32.9 Å². The topological polar surface area (TPSA) is 75.9 Å². The molecular weight excluding hydrogens is 330 g/mol. The van der Waals surface area contributed by atoms with Gasteiger partial charge >= 0.3 is 0 Å². The molecule has 0 saturated carbocycles. The van der Waals surface area contributed by atoms with Crippen LogP contribution in [-0.2, 0) is 16.1 Å². The predicted molar refractivity (Wildman–Crippen MR) is 99.5 cm³/mol. The number of nitrogens with two attached hydrogens (primary N) is 1. The molecule has 2 heterocycles. The van der Waals surface area contributed by atoms with Crippen LogP contribution in [0.25, 0.3) is 0 Å². The number of hydrogen-bond donors (Lipinski definition) is 1. The van der Waals surface area contributed by atoms with Crippen molar-refractivity contribution in [2.75, 3.05) is 32.8 Å². The molecule has 0 aromatic heterocycles. The zero-order valence-corrected chi connectivity index (χ0v) is 15.7. The summed E-state index contributed by atoms with van der Waals surface area (Å²) in [5, 5.41) is 0. The molecule has 26 heavy (non-hydrogen) atoms. The Morgan fingerprint density at radius 3 is 2.38 bits per heavy atom. The lowest BCUT2D eigenvalue weighted by atomic mass is 9.91. The van der Waals surface area contributed by atoms with Crippen LogP contribution < -0.4 is 5.73 Å². The van der Waals surface area contributed by atoms with E-state index in [0.29, 0.717) is 18.1 Å². The summed E-state index contributed by atoms with van der Waals surface area (Å²) in [5.74, 6) is 0.241. The second-order valence-electron chi connectivity index (χ2n) is 7.64. The summed E-state index contributed by atoms with van der Waals surface area (Å²) >= 11 is 0. The third-order valence-corrected chi connectivity index (χ3v) is 5.44. The molecule has 0 spiro atoms. The molecule has 6 nitrogen and oxygen atoms in total. The van der Waals surface area contributed by atoms with E-state index in [0.717, 1.165) is 44.7 Å². The molecule has 2 saturated heterocycles. The monoisotopic (exact) mass is 359 g/mol. The lowest BCUT2D eigenvalue weighted by Crippen LogP contribution is -2.51. The fourth-order valence-corrected chi connectivity index (χ4v) is 3.93. The summed E-state index contributed by atoms with van der Waals surface area (Å²) in [7, 11) is 0. The molecule has 2 aliphatic heterocycles. The van der Waals surface area contributed by atoms with E-state index >= 15 is 0 Å². The number of primary amides is 1. The molecular formula is C20H29N3O3. The molecule has 3 rings (SSSR count). The Kier molecular flexibility index (Phi) is 5.94. The van der Waals surface area contributed by atoms with Gasteiger partial charge in [0.25, 0.3) is 0 Å². The molecule has 1 aromatic rings. The third-order valence-electron chi connectivity index (χ3n) is 5.44. The minimum absolute atomic E-state index is 0.0166. The minimum atomic E-state index is -0.403.